The van der Waals surface area contributed by atoms with Crippen LogP contribution in [0.25, 0.3) is 0 Å². The summed E-state index contributed by atoms with van der Waals surface area (Å²) < 4.78 is 0. The molecule has 0 heterocycles. The van der Waals surface area contributed by atoms with E-state index in [9.17, 15) is 4.79 Å². The van der Waals surface area contributed by atoms with E-state index in [-0.39, 0.29) is 0 Å². The third-order valence-electron chi connectivity index (χ3n) is 3.43. The van der Waals surface area contributed by atoms with Crippen molar-refractivity contribution in [1.82, 2.24) is 0 Å². The second-order valence-electron chi connectivity index (χ2n) is 4.61. The van der Waals surface area contributed by atoms with Gasteiger partial charge in [-0.15, -0.1) is 0 Å². The van der Waals surface area contributed by atoms with Crippen molar-refractivity contribution in [3.8, 4) is 0 Å². The molecule has 0 aromatic heterocycles. The summed E-state index contributed by atoms with van der Waals surface area (Å²) in [6.07, 6.45) is 9.11. The molecule has 14 heavy (non-hydrogen) atoms. The Morgan fingerprint density at radius 1 is 1.14 bits per heavy atom. The number of aliphatic carboxylic acids is 1. The van der Waals surface area contributed by atoms with Crippen molar-refractivity contribution >= 4 is 5.97 Å². The highest BCUT2D eigenvalue weighted by Crippen LogP contribution is 2.33. The van der Waals surface area contributed by atoms with E-state index in [0.29, 0.717) is 12.3 Å². The van der Waals surface area contributed by atoms with E-state index in [1.165, 1.54) is 38.5 Å². The predicted octanol–water partition coefficient (Wildman–Crippen LogP) is 3.46. The summed E-state index contributed by atoms with van der Waals surface area (Å²) in [4.78, 5) is 10.4. The molecule has 0 atom stereocenters. The van der Waals surface area contributed by atoms with Crippen LogP contribution in [-0.4, -0.2) is 11.1 Å². The van der Waals surface area contributed by atoms with Crippen LogP contribution >= 0.6 is 0 Å². The maximum absolute atomic E-state index is 10.4. The van der Waals surface area contributed by atoms with Crippen LogP contribution in [0.15, 0.2) is 0 Å². The van der Waals surface area contributed by atoms with Gasteiger partial charge >= 0.3 is 5.97 Å². The molecule has 1 saturated carbocycles. The minimum atomic E-state index is -0.638. The number of rotatable bonds is 5. The lowest BCUT2D eigenvalue weighted by molar-refractivity contribution is -0.137. The molecular formula is C12H22O2. The monoisotopic (exact) mass is 198 g/mol. The zero-order chi connectivity index (χ0) is 10.4. The Morgan fingerprint density at radius 3 is 2.07 bits per heavy atom. The number of hydrogen-bond donors (Lipinski definition) is 1. The lowest BCUT2D eigenvalue weighted by atomic mass is 9.78. The minimum absolute atomic E-state index is 0.364. The van der Waals surface area contributed by atoms with Crippen LogP contribution in [0.5, 0.6) is 0 Å². The Balaban J connectivity index is 2.12. The highest BCUT2D eigenvalue weighted by molar-refractivity contribution is 5.66. The van der Waals surface area contributed by atoms with Gasteiger partial charge in [-0.3, -0.25) is 4.79 Å². The normalized spacial score (nSPS) is 27.5. The largest absolute Gasteiger partial charge is 0.481 e. The van der Waals surface area contributed by atoms with E-state index in [4.69, 9.17) is 5.11 Å². The van der Waals surface area contributed by atoms with Crippen LogP contribution in [0.3, 0.4) is 0 Å². The topological polar surface area (TPSA) is 37.3 Å². The van der Waals surface area contributed by atoms with Crippen LogP contribution in [-0.2, 0) is 4.79 Å². The second kappa shape index (κ2) is 6.05. The molecule has 1 rings (SSSR count). The van der Waals surface area contributed by atoms with Gasteiger partial charge in [0.2, 0.25) is 0 Å². The zero-order valence-corrected chi connectivity index (χ0v) is 9.17. The molecule has 2 heteroatoms. The second-order valence-corrected chi connectivity index (χ2v) is 4.61. The first kappa shape index (κ1) is 11.5. The van der Waals surface area contributed by atoms with Crippen LogP contribution in [0, 0.1) is 11.8 Å². The standard InChI is InChI=1S/C12H22O2/c1-2-3-10-4-6-11(7-5-10)8-9-12(13)14/h10-11H,2-9H2,1H3,(H,13,14). The average molecular weight is 198 g/mol. The smallest absolute Gasteiger partial charge is 0.303 e. The highest BCUT2D eigenvalue weighted by Gasteiger charge is 2.20. The molecule has 0 radical (unpaired) electrons. The molecule has 0 saturated heterocycles. The van der Waals surface area contributed by atoms with Gasteiger partial charge in [0.1, 0.15) is 0 Å². The summed E-state index contributed by atoms with van der Waals surface area (Å²) in [6.45, 7) is 2.25. The van der Waals surface area contributed by atoms with Crippen molar-refractivity contribution in [2.75, 3.05) is 0 Å². The lowest BCUT2D eigenvalue weighted by Gasteiger charge is -2.27. The Hall–Kier alpha value is -0.530. The van der Waals surface area contributed by atoms with Crippen LogP contribution in [0.4, 0.5) is 0 Å². The summed E-state index contributed by atoms with van der Waals surface area (Å²) in [6, 6.07) is 0. The predicted molar refractivity (Wildman–Crippen MR) is 57.2 cm³/mol. The number of carboxylic acid groups (broad SMARTS) is 1. The Morgan fingerprint density at radius 2 is 1.64 bits per heavy atom. The quantitative estimate of drug-likeness (QED) is 0.734. The summed E-state index contributed by atoms with van der Waals surface area (Å²) in [5.41, 5.74) is 0. The van der Waals surface area contributed by atoms with Crippen molar-refractivity contribution in [2.24, 2.45) is 11.8 Å². The third-order valence-corrected chi connectivity index (χ3v) is 3.43. The van der Waals surface area contributed by atoms with Gasteiger partial charge in [-0.1, -0.05) is 45.4 Å². The molecule has 0 spiro atoms. The molecule has 1 N–H and O–H groups in total. The number of carboxylic acids is 1. The number of carbonyl (C=O) groups is 1. The van der Waals surface area contributed by atoms with Crippen molar-refractivity contribution in [2.45, 2.75) is 58.3 Å². The fourth-order valence-corrected chi connectivity index (χ4v) is 2.54. The first-order chi connectivity index (χ1) is 6.72. The van der Waals surface area contributed by atoms with Gasteiger partial charge in [-0.25, -0.2) is 0 Å². The molecule has 0 bridgehead atoms. The van der Waals surface area contributed by atoms with Gasteiger partial charge < -0.3 is 5.11 Å². The molecular weight excluding hydrogens is 176 g/mol. The summed E-state index contributed by atoms with van der Waals surface area (Å²) in [5.74, 6) is 0.987. The van der Waals surface area contributed by atoms with E-state index in [0.717, 1.165) is 12.3 Å². The Kier molecular flexibility index (Phi) is 4.99. The van der Waals surface area contributed by atoms with E-state index >= 15 is 0 Å². The van der Waals surface area contributed by atoms with Gasteiger partial charge in [0.15, 0.2) is 0 Å². The van der Waals surface area contributed by atoms with Crippen molar-refractivity contribution in [1.29, 1.82) is 0 Å². The molecule has 0 amide bonds. The van der Waals surface area contributed by atoms with Gasteiger partial charge in [-0.05, 0) is 18.3 Å². The molecule has 1 aliphatic carbocycles. The molecule has 82 valence electrons. The molecule has 0 unspecified atom stereocenters. The SMILES string of the molecule is CCCC1CCC(CCC(=O)O)CC1. The van der Waals surface area contributed by atoms with Gasteiger partial charge in [0.05, 0.1) is 0 Å². The van der Waals surface area contributed by atoms with E-state index in [2.05, 4.69) is 6.92 Å². The van der Waals surface area contributed by atoms with Gasteiger partial charge in [-0.2, -0.15) is 0 Å². The van der Waals surface area contributed by atoms with Crippen LogP contribution < -0.4 is 0 Å². The van der Waals surface area contributed by atoms with Crippen LogP contribution in [0.2, 0.25) is 0 Å². The Bertz CT molecular complexity index is 169. The van der Waals surface area contributed by atoms with Crippen molar-refractivity contribution < 1.29 is 9.90 Å². The van der Waals surface area contributed by atoms with Gasteiger partial charge in [0.25, 0.3) is 0 Å². The van der Waals surface area contributed by atoms with E-state index in [1.807, 2.05) is 0 Å². The summed E-state index contributed by atoms with van der Waals surface area (Å²) >= 11 is 0. The summed E-state index contributed by atoms with van der Waals surface area (Å²) in [7, 11) is 0. The molecule has 0 aliphatic heterocycles. The minimum Gasteiger partial charge on any atom is -0.481 e. The number of hydrogen-bond acceptors (Lipinski definition) is 1. The fraction of sp³-hybridized carbons (Fsp3) is 0.917. The molecule has 1 fully saturated rings. The first-order valence-corrected chi connectivity index (χ1v) is 5.94. The van der Waals surface area contributed by atoms with Crippen molar-refractivity contribution in [3.63, 3.8) is 0 Å². The van der Waals surface area contributed by atoms with Gasteiger partial charge in [0, 0.05) is 6.42 Å². The van der Waals surface area contributed by atoms with E-state index < -0.39 is 5.97 Å². The average Bonchev–Trinajstić information content (AvgIpc) is 2.17. The van der Waals surface area contributed by atoms with Crippen molar-refractivity contribution in [3.05, 3.63) is 0 Å². The first-order valence-electron chi connectivity index (χ1n) is 5.94. The molecule has 0 aromatic rings. The van der Waals surface area contributed by atoms with E-state index in [1.54, 1.807) is 0 Å². The molecule has 0 aromatic carbocycles. The summed E-state index contributed by atoms with van der Waals surface area (Å²) in [5, 5.41) is 8.58. The molecule has 2 nitrogen and oxygen atoms in total. The fourth-order valence-electron chi connectivity index (χ4n) is 2.54. The lowest BCUT2D eigenvalue weighted by Crippen LogP contribution is -2.15. The van der Waals surface area contributed by atoms with Crippen LogP contribution in [0.1, 0.15) is 58.3 Å². The zero-order valence-electron chi connectivity index (χ0n) is 9.17. The third kappa shape index (κ3) is 4.12. The Labute approximate surface area is 86.7 Å². The highest BCUT2D eigenvalue weighted by atomic mass is 16.4. The molecule has 1 aliphatic rings. The maximum Gasteiger partial charge on any atom is 0.303 e. The maximum atomic E-state index is 10.4.